The first-order chi connectivity index (χ1) is 9.15. The highest BCUT2D eigenvalue weighted by Crippen LogP contribution is 2.40. The lowest BCUT2D eigenvalue weighted by Crippen LogP contribution is -2.24. The Hall–Kier alpha value is -1.80. The van der Waals surface area contributed by atoms with E-state index in [2.05, 4.69) is 38.1 Å². The van der Waals surface area contributed by atoms with Crippen LogP contribution < -0.4 is 10.5 Å². The summed E-state index contributed by atoms with van der Waals surface area (Å²) in [6, 6.07) is 14.6. The van der Waals surface area contributed by atoms with Gasteiger partial charge in [0.15, 0.2) is 0 Å². The van der Waals surface area contributed by atoms with E-state index in [9.17, 15) is 0 Å². The average molecular weight is 253 g/mol. The van der Waals surface area contributed by atoms with E-state index in [1.165, 1.54) is 16.7 Å². The molecule has 0 fully saturated rings. The molecule has 19 heavy (non-hydrogen) atoms. The van der Waals surface area contributed by atoms with Gasteiger partial charge in [-0.15, -0.1) is 0 Å². The van der Waals surface area contributed by atoms with Crippen LogP contribution in [0.4, 0.5) is 0 Å². The Kier molecular flexibility index (Phi) is 3.03. The smallest absolute Gasteiger partial charge is 0.126 e. The predicted octanol–water partition coefficient (Wildman–Crippen LogP) is 3.83. The highest BCUT2D eigenvalue weighted by molar-refractivity contribution is 5.40. The van der Waals surface area contributed by atoms with Gasteiger partial charge in [-0.3, -0.25) is 0 Å². The van der Waals surface area contributed by atoms with Crippen molar-refractivity contribution < 1.29 is 4.74 Å². The van der Waals surface area contributed by atoms with E-state index in [0.29, 0.717) is 0 Å². The minimum atomic E-state index is 0.0515. The maximum atomic E-state index is 6.27. The van der Waals surface area contributed by atoms with Gasteiger partial charge in [0.25, 0.3) is 0 Å². The Morgan fingerprint density at radius 2 is 1.84 bits per heavy atom. The molecule has 3 rings (SSSR count). The summed E-state index contributed by atoms with van der Waals surface area (Å²) >= 11 is 0. The Bertz CT molecular complexity index is 606. The molecule has 0 aliphatic carbocycles. The third-order valence-electron chi connectivity index (χ3n) is 3.83. The molecule has 98 valence electrons. The van der Waals surface area contributed by atoms with Gasteiger partial charge in [-0.25, -0.2) is 0 Å². The number of ether oxygens (including phenoxy) is 1. The first-order valence-electron chi connectivity index (χ1n) is 6.73. The van der Waals surface area contributed by atoms with E-state index in [4.69, 9.17) is 10.5 Å². The van der Waals surface area contributed by atoms with Crippen molar-refractivity contribution in [1.29, 1.82) is 0 Å². The molecule has 0 radical (unpaired) electrons. The number of nitrogens with two attached hydrogens (primary N) is 1. The number of para-hydroxylation sites is 1. The Labute approximate surface area is 114 Å². The van der Waals surface area contributed by atoms with Crippen LogP contribution in [0.15, 0.2) is 42.5 Å². The Morgan fingerprint density at radius 3 is 2.63 bits per heavy atom. The fraction of sp³-hybridized carbons (Fsp3) is 0.294. The SMILES string of the molecule is Cc1ccc(C2C[C@H](N)c3ccccc3O2)c(C)c1. The van der Waals surface area contributed by atoms with Crippen LogP contribution in [-0.2, 0) is 0 Å². The largest absolute Gasteiger partial charge is 0.485 e. The second kappa shape index (κ2) is 4.71. The Balaban J connectivity index is 1.97. The predicted molar refractivity (Wildman–Crippen MR) is 77.3 cm³/mol. The topological polar surface area (TPSA) is 35.2 Å². The van der Waals surface area contributed by atoms with E-state index >= 15 is 0 Å². The second-order valence-electron chi connectivity index (χ2n) is 5.35. The molecule has 0 bridgehead atoms. The molecule has 2 heteroatoms. The van der Waals surface area contributed by atoms with Crippen LogP contribution in [0.1, 0.15) is 40.8 Å². The minimum Gasteiger partial charge on any atom is -0.485 e. The van der Waals surface area contributed by atoms with Gasteiger partial charge >= 0.3 is 0 Å². The number of aryl methyl sites for hydroxylation is 2. The third-order valence-corrected chi connectivity index (χ3v) is 3.83. The fourth-order valence-electron chi connectivity index (χ4n) is 2.83. The van der Waals surface area contributed by atoms with E-state index in [1.54, 1.807) is 0 Å². The van der Waals surface area contributed by atoms with Gasteiger partial charge in [0.1, 0.15) is 11.9 Å². The lowest BCUT2D eigenvalue weighted by atomic mass is 9.91. The molecule has 0 amide bonds. The van der Waals surface area contributed by atoms with E-state index in [-0.39, 0.29) is 12.1 Å². The molecule has 0 saturated carbocycles. The lowest BCUT2D eigenvalue weighted by molar-refractivity contribution is 0.161. The summed E-state index contributed by atoms with van der Waals surface area (Å²) in [5.74, 6) is 0.922. The summed E-state index contributed by atoms with van der Waals surface area (Å²) in [5, 5.41) is 0. The molecule has 1 unspecified atom stereocenters. The van der Waals surface area contributed by atoms with Crippen molar-refractivity contribution in [1.82, 2.24) is 0 Å². The third kappa shape index (κ3) is 2.24. The number of rotatable bonds is 1. The van der Waals surface area contributed by atoms with Crippen LogP contribution in [0.2, 0.25) is 0 Å². The second-order valence-corrected chi connectivity index (χ2v) is 5.35. The van der Waals surface area contributed by atoms with Gasteiger partial charge in [0, 0.05) is 18.0 Å². The maximum Gasteiger partial charge on any atom is 0.126 e. The molecule has 1 heterocycles. The normalized spacial score (nSPS) is 21.6. The monoisotopic (exact) mass is 253 g/mol. The highest BCUT2D eigenvalue weighted by atomic mass is 16.5. The van der Waals surface area contributed by atoms with Crippen LogP contribution in [0.3, 0.4) is 0 Å². The van der Waals surface area contributed by atoms with Crippen LogP contribution in [0.25, 0.3) is 0 Å². The zero-order valence-electron chi connectivity index (χ0n) is 11.4. The Morgan fingerprint density at radius 1 is 1.05 bits per heavy atom. The van der Waals surface area contributed by atoms with Crippen LogP contribution in [0.5, 0.6) is 5.75 Å². The molecule has 0 saturated heterocycles. The van der Waals surface area contributed by atoms with Crippen molar-refractivity contribution in [3.8, 4) is 5.75 Å². The van der Waals surface area contributed by atoms with Gasteiger partial charge < -0.3 is 10.5 Å². The molecular weight excluding hydrogens is 234 g/mol. The van der Waals surface area contributed by atoms with E-state index < -0.39 is 0 Å². The number of hydrogen-bond donors (Lipinski definition) is 1. The maximum absolute atomic E-state index is 6.27. The van der Waals surface area contributed by atoms with E-state index in [0.717, 1.165) is 17.7 Å². The molecule has 1 aliphatic rings. The van der Waals surface area contributed by atoms with Crippen molar-refractivity contribution in [2.75, 3.05) is 0 Å². The molecule has 2 N–H and O–H groups in total. The molecule has 0 aromatic heterocycles. The van der Waals surface area contributed by atoms with Crippen molar-refractivity contribution in [3.63, 3.8) is 0 Å². The summed E-state index contributed by atoms with van der Waals surface area (Å²) in [5.41, 5.74) is 11.2. The first kappa shape index (κ1) is 12.2. The average Bonchev–Trinajstić information content (AvgIpc) is 2.38. The van der Waals surface area contributed by atoms with Gasteiger partial charge in [-0.2, -0.15) is 0 Å². The summed E-state index contributed by atoms with van der Waals surface area (Å²) < 4.78 is 6.13. The van der Waals surface area contributed by atoms with Crippen molar-refractivity contribution in [2.45, 2.75) is 32.4 Å². The summed E-state index contributed by atoms with van der Waals surface area (Å²) in [6.45, 7) is 4.25. The zero-order valence-corrected chi connectivity index (χ0v) is 11.4. The van der Waals surface area contributed by atoms with Crippen LogP contribution >= 0.6 is 0 Å². The van der Waals surface area contributed by atoms with E-state index in [1.807, 2.05) is 18.2 Å². The van der Waals surface area contributed by atoms with Gasteiger partial charge in [0.05, 0.1) is 0 Å². The lowest BCUT2D eigenvalue weighted by Gasteiger charge is -2.31. The highest BCUT2D eigenvalue weighted by Gasteiger charge is 2.27. The van der Waals surface area contributed by atoms with Gasteiger partial charge in [-0.1, -0.05) is 42.0 Å². The molecule has 2 aromatic rings. The minimum absolute atomic E-state index is 0.0515. The molecule has 1 aliphatic heterocycles. The number of hydrogen-bond acceptors (Lipinski definition) is 2. The first-order valence-corrected chi connectivity index (χ1v) is 6.73. The van der Waals surface area contributed by atoms with Gasteiger partial charge in [0.2, 0.25) is 0 Å². The number of fused-ring (bicyclic) bond motifs is 1. The summed E-state index contributed by atoms with van der Waals surface area (Å²) in [6.07, 6.45) is 0.895. The molecule has 2 nitrogen and oxygen atoms in total. The standard InChI is InChI=1S/C17H19NO/c1-11-7-8-13(12(2)9-11)17-10-15(18)14-5-3-4-6-16(14)19-17/h3-9,15,17H,10,18H2,1-2H3/t15-,17?/m0/s1. The van der Waals surface area contributed by atoms with Crippen molar-refractivity contribution >= 4 is 0 Å². The van der Waals surface area contributed by atoms with Crippen LogP contribution in [0, 0.1) is 13.8 Å². The zero-order chi connectivity index (χ0) is 13.4. The molecular formula is C17H19NO. The quantitative estimate of drug-likeness (QED) is 0.838. The number of benzene rings is 2. The van der Waals surface area contributed by atoms with Gasteiger partial charge in [-0.05, 0) is 31.0 Å². The fourth-order valence-corrected chi connectivity index (χ4v) is 2.83. The molecule has 0 spiro atoms. The van der Waals surface area contributed by atoms with Crippen molar-refractivity contribution in [3.05, 3.63) is 64.7 Å². The molecule has 2 aromatic carbocycles. The van der Waals surface area contributed by atoms with Crippen LogP contribution in [-0.4, -0.2) is 0 Å². The molecule has 2 atom stereocenters. The summed E-state index contributed by atoms with van der Waals surface area (Å²) in [7, 11) is 0. The summed E-state index contributed by atoms with van der Waals surface area (Å²) in [4.78, 5) is 0. The van der Waals surface area contributed by atoms with Crippen molar-refractivity contribution in [2.24, 2.45) is 5.73 Å².